The molecule has 10 rings (SSSR count). The van der Waals surface area contributed by atoms with Gasteiger partial charge in [0.1, 0.15) is 43.2 Å². The molecule has 9 N–H and O–H groups in total. The topological polar surface area (TPSA) is 327 Å². The van der Waals surface area contributed by atoms with E-state index in [0.29, 0.717) is 56.7 Å². The third-order valence-electron chi connectivity index (χ3n) is 17.4. The number of phosphoric acid groups is 2. The second-order valence-corrected chi connectivity index (χ2v) is 29.0. The Bertz CT molecular complexity index is 3690. The van der Waals surface area contributed by atoms with Crippen LogP contribution in [0, 0.1) is 0 Å². The Morgan fingerprint density at radius 3 is 2.39 bits per heavy atom. The molecule has 8 atom stereocenters. The maximum atomic E-state index is 14.8. The molecule has 1 fully saturated rings. The first kappa shape index (κ1) is 62.8. The predicted octanol–water partition coefficient (Wildman–Crippen LogP) is 5.58. The van der Waals surface area contributed by atoms with Crippen LogP contribution in [0.15, 0.2) is 55.1 Å². The number of aliphatic hydroxyl groups excluding tert-OH is 2. The molecule has 5 aromatic rings. The van der Waals surface area contributed by atoms with Crippen molar-refractivity contribution in [2.24, 2.45) is 0 Å². The lowest BCUT2D eigenvalue weighted by Crippen LogP contribution is -2.50. The van der Waals surface area contributed by atoms with E-state index in [0.717, 1.165) is 69.2 Å². The number of benzene rings is 3. The summed E-state index contributed by atoms with van der Waals surface area (Å²) in [4.78, 5) is 74.5. The van der Waals surface area contributed by atoms with Crippen molar-refractivity contribution in [1.29, 1.82) is 0 Å². The SMILES string of the molecule is CCN1c2cc3c(cc2C(C)CC1(C)C)C(c1ccccc1C(=O)N(C)CCCC(=O)NCCCCCCNP(=O)(O)OP(=O)(O)OP(=O)(O)OC[C@H]1O[C@@H](n2cnc4c(N)ncnc42)[C@H](O)[C@@H]1O)=c1cc2c4c(c1C3(C)C)CCC[N+]=4CCC2. The molecule has 3 aromatic carbocycles. The fraction of sp³-hybridized carbons (Fsp3) is 0.552. The minimum atomic E-state index is -5.74. The van der Waals surface area contributed by atoms with E-state index in [4.69, 9.17) is 15.0 Å². The highest BCUT2D eigenvalue weighted by Crippen LogP contribution is 2.66. The molecule has 4 unspecified atom stereocenters. The highest BCUT2D eigenvalue weighted by atomic mass is 31.3. The molecule has 6 heterocycles. The molecule has 85 heavy (non-hydrogen) atoms. The molecule has 27 heteroatoms. The van der Waals surface area contributed by atoms with E-state index in [1.807, 2.05) is 18.2 Å². The number of nitrogen functional groups attached to an aromatic ring is 1. The van der Waals surface area contributed by atoms with Crippen molar-refractivity contribution in [2.75, 3.05) is 63.6 Å². The zero-order valence-electron chi connectivity index (χ0n) is 49.3. The van der Waals surface area contributed by atoms with Crippen molar-refractivity contribution in [2.45, 2.75) is 154 Å². The maximum absolute atomic E-state index is 14.8. The zero-order valence-corrected chi connectivity index (χ0v) is 52.0. The summed E-state index contributed by atoms with van der Waals surface area (Å²) in [6, 6.07) is 15.4. The minimum absolute atomic E-state index is 0.000322. The summed E-state index contributed by atoms with van der Waals surface area (Å²) in [5.74, 6) is 0.114. The molecule has 0 radical (unpaired) electrons. The van der Waals surface area contributed by atoms with Crippen molar-refractivity contribution >= 4 is 63.4 Å². The lowest BCUT2D eigenvalue weighted by atomic mass is 9.64. The highest BCUT2D eigenvalue weighted by Gasteiger charge is 2.48. The smallest absolute Gasteiger partial charge is 0.387 e. The number of imidazole rings is 1. The van der Waals surface area contributed by atoms with Crippen LogP contribution in [0.5, 0.6) is 0 Å². The van der Waals surface area contributed by atoms with E-state index in [1.165, 1.54) is 60.5 Å². The Hall–Kier alpha value is -5.29. The third-order valence-corrected chi connectivity index (χ3v) is 21.9. The molecule has 1 saturated heterocycles. The van der Waals surface area contributed by atoms with E-state index in [9.17, 15) is 48.2 Å². The van der Waals surface area contributed by atoms with Crippen LogP contribution in [-0.4, -0.2) is 138 Å². The first-order chi connectivity index (χ1) is 40.2. The second-order valence-electron chi connectivity index (χ2n) is 24.2. The lowest BCUT2D eigenvalue weighted by Gasteiger charge is -2.48. The van der Waals surface area contributed by atoms with Gasteiger partial charge in [0.25, 0.3) is 5.91 Å². The highest BCUT2D eigenvalue weighted by molar-refractivity contribution is 7.67. The number of nitrogens with two attached hydrogens (primary N) is 1. The van der Waals surface area contributed by atoms with Gasteiger partial charge in [0.05, 0.1) is 12.9 Å². The Balaban J connectivity index is 0.696. The van der Waals surface area contributed by atoms with E-state index < -0.39 is 54.5 Å². The molecule has 2 aromatic heterocycles. The number of hydrogen-bond acceptors (Lipinski definition) is 16. The van der Waals surface area contributed by atoms with Crippen LogP contribution in [0.25, 0.3) is 16.7 Å². The Morgan fingerprint density at radius 1 is 0.906 bits per heavy atom. The number of aryl methyl sites for hydroxylation is 1. The van der Waals surface area contributed by atoms with Gasteiger partial charge < -0.3 is 50.5 Å². The van der Waals surface area contributed by atoms with Gasteiger partial charge in [-0.3, -0.25) is 18.7 Å². The van der Waals surface area contributed by atoms with Crippen molar-refractivity contribution in [3.05, 3.63) is 110 Å². The van der Waals surface area contributed by atoms with Crippen molar-refractivity contribution in [1.82, 2.24) is 39.4 Å². The number of rotatable bonds is 23. The van der Waals surface area contributed by atoms with Crippen LogP contribution in [0.3, 0.4) is 0 Å². The standard InChI is InChI=1S/C58H79N10O14P3/c1-8-68-44-30-43-41(29-40(44)35(2)31-57(68,3)4)47(42-28-36-18-15-26-66-27-16-21-39(50(36)66)48(42)58(43,5)6)37-19-11-12-20-38(37)55(72)65(7)25-17-22-46(69)60-23-13-9-10-14-24-64-83(73,74)81-85(77,78)82-84(75,76)79-32-45-51(70)52(71)56(80-45)67-34-63-49-53(59)61-33-62-54(49)67/h11-12,19-20,28-30,33-35,45,51-52,56,70-71H,8-10,13-18,21-27,31-32H2,1-7H3,(H6-,59,60,61,62,64,69,73,74,75,76,77,78)/p+1/t35?,45-,51-,52-,56-/m1/s1. The summed E-state index contributed by atoms with van der Waals surface area (Å²) in [6.07, 6.45) is 4.27. The number of anilines is 2. The number of aliphatic hydroxyl groups is 2. The number of unbranched alkanes of at least 4 members (excludes halogenated alkanes) is 3. The number of ether oxygens (including phenoxy) is 1. The van der Waals surface area contributed by atoms with Gasteiger partial charge in [-0.15, -0.1) is 0 Å². The molecule has 0 bridgehead atoms. The van der Waals surface area contributed by atoms with Gasteiger partial charge >= 0.3 is 23.4 Å². The van der Waals surface area contributed by atoms with Crippen molar-refractivity contribution < 1.29 is 66.1 Å². The average Bonchev–Trinajstić information content (AvgIpc) is 1.36. The molecule has 5 aliphatic rings. The summed E-state index contributed by atoms with van der Waals surface area (Å²) < 4.78 is 60.5. The average molecular weight is 1230 g/mol. The zero-order chi connectivity index (χ0) is 61.0. The molecule has 4 aliphatic heterocycles. The normalized spacial score (nSPS) is 23.2. The molecular formula is C58H80N10O14P3+. The summed E-state index contributed by atoms with van der Waals surface area (Å²) in [5, 5.41) is 28.9. The van der Waals surface area contributed by atoms with Crippen LogP contribution in [-0.2, 0) is 54.6 Å². The van der Waals surface area contributed by atoms with Gasteiger partial charge in [0.2, 0.25) is 11.3 Å². The number of phosphoric ester groups is 1. The fourth-order valence-electron chi connectivity index (χ4n) is 13.7. The van der Waals surface area contributed by atoms with E-state index in [1.54, 1.807) is 11.9 Å². The predicted molar refractivity (Wildman–Crippen MR) is 319 cm³/mol. The minimum Gasteiger partial charge on any atom is -0.387 e. The second kappa shape index (κ2) is 24.7. The number of carbonyl (C=O) groups excluding carboxylic acids is 2. The number of amides is 2. The number of hydrogen-bond donors (Lipinski definition) is 8. The van der Waals surface area contributed by atoms with Gasteiger partial charge in [0, 0.05) is 85.8 Å². The van der Waals surface area contributed by atoms with Gasteiger partial charge in [-0.2, -0.15) is 8.62 Å². The Labute approximate surface area is 494 Å². The maximum Gasteiger partial charge on any atom is 0.489 e. The first-order valence-corrected chi connectivity index (χ1v) is 33.9. The first-order valence-electron chi connectivity index (χ1n) is 29.4. The van der Waals surface area contributed by atoms with E-state index >= 15 is 0 Å². The molecule has 1 aliphatic carbocycles. The van der Waals surface area contributed by atoms with E-state index in [2.05, 4.69) is 109 Å². The van der Waals surface area contributed by atoms with Crippen LogP contribution in [0.2, 0.25) is 0 Å². The molecule has 2 amide bonds. The van der Waals surface area contributed by atoms with Gasteiger partial charge in [0.15, 0.2) is 17.7 Å². The summed E-state index contributed by atoms with van der Waals surface area (Å²) in [5.41, 5.74) is 17.9. The molecule has 0 saturated carbocycles. The summed E-state index contributed by atoms with van der Waals surface area (Å²) in [7, 11) is -14.5. The molecule has 0 spiro atoms. The lowest BCUT2D eigenvalue weighted by molar-refractivity contribution is -0.121. The van der Waals surface area contributed by atoms with Crippen molar-refractivity contribution in [3.8, 4) is 0 Å². The molecule has 460 valence electrons. The summed E-state index contributed by atoms with van der Waals surface area (Å²) in [6.45, 7) is 16.8. The van der Waals surface area contributed by atoms with Crippen LogP contribution in [0.4, 0.5) is 11.5 Å². The van der Waals surface area contributed by atoms with Crippen LogP contribution >= 0.6 is 23.4 Å². The van der Waals surface area contributed by atoms with Gasteiger partial charge in [-0.25, -0.2) is 38.3 Å². The van der Waals surface area contributed by atoms with Gasteiger partial charge in [-0.1, -0.05) is 51.8 Å². The number of fused-ring (bicyclic) bond motifs is 5. The van der Waals surface area contributed by atoms with E-state index in [-0.39, 0.29) is 52.7 Å². The summed E-state index contributed by atoms with van der Waals surface area (Å²) >= 11 is 0. The number of nitrogens with zero attached hydrogens (tertiary/aromatic N) is 7. The monoisotopic (exact) mass is 1230 g/mol. The van der Waals surface area contributed by atoms with Crippen LogP contribution < -0.4 is 36.2 Å². The van der Waals surface area contributed by atoms with Gasteiger partial charge in [-0.05, 0) is 128 Å². The fourth-order valence-corrected chi connectivity index (χ4v) is 17.4. The third kappa shape index (κ3) is 12.9. The Kier molecular flexibility index (Phi) is 18.2. The van der Waals surface area contributed by atoms with Crippen LogP contribution in [0.1, 0.15) is 161 Å². The number of nitrogens with one attached hydrogen (secondary N) is 2. The van der Waals surface area contributed by atoms with Crippen molar-refractivity contribution in [3.63, 3.8) is 0 Å². The molecule has 24 nitrogen and oxygen atoms in total. The Morgan fingerprint density at radius 2 is 1.64 bits per heavy atom. The number of aromatic nitrogens is 4. The largest absolute Gasteiger partial charge is 0.489 e. The quantitative estimate of drug-likeness (QED) is 0.0225. The molecular weight excluding hydrogens is 1150 g/mol. The number of carbonyl (C=O) groups is 2.